The molecule has 26 heavy (non-hydrogen) atoms. The monoisotopic (exact) mass is 400 g/mol. The van der Waals surface area contributed by atoms with Gasteiger partial charge in [0.1, 0.15) is 0 Å². The van der Waals surface area contributed by atoms with Gasteiger partial charge in [-0.25, -0.2) is 0 Å². The Labute approximate surface area is 156 Å². The second-order valence-electron chi connectivity index (χ2n) is 5.66. The van der Waals surface area contributed by atoms with E-state index in [1.54, 1.807) is 14.8 Å². The summed E-state index contributed by atoms with van der Waals surface area (Å²) < 4.78 is 37.1. The van der Waals surface area contributed by atoms with Gasteiger partial charge in [-0.1, -0.05) is 0 Å². The van der Waals surface area contributed by atoms with Crippen LogP contribution in [-0.4, -0.2) is 108 Å². The predicted molar refractivity (Wildman–Crippen MR) is 99.1 cm³/mol. The molecule has 154 valence electrons. The van der Waals surface area contributed by atoms with Crippen molar-refractivity contribution in [3.8, 4) is 0 Å². The summed E-state index contributed by atoms with van der Waals surface area (Å²) in [5.41, 5.74) is 0. The first-order valence-electron chi connectivity index (χ1n) is 8.77. The average Bonchev–Trinajstić information content (AvgIpc) is 2.94. The van der Waals surface area contributed by atoms with Gasteiger partial charge in [-0.05, 0) is 0 Å². The zero-order chi connectivity index (χ0) is 19.7. The second kappa shape index (κ2) is 11.2. The third kappa shape index (κ3) is 7.29. The fourth-order valence-electron chi connectivity index (χ4n) is 2.55. The molecule has 1 heterocycles. The van der Waals surface area contributed by atoms with E-state index in [1.165, 1.54) is 7.11 Å². The molecule has 0 radical (unpaired) electrons. The third-order valence-electron chi connectivity index (χ3n) is 3.72. The second-order valence-corrected chi connectivity index (χ2v) is 7.99. The first kappa shape index (κ1) is 24.2. The Morgan fingerprint density at radius 1 is 1.12 bits per heavy atom. The van der Waals surface area contributed by atoms with Gasteiger partial charge < -0.3 is 0 Å². The molecule has 0 unspecified atom stereocenters. The van der Waals surface area contributed by atoms with E-state index in [0.29, 0.717) is 19.6 Å². The molecule has 0 bridgehead atoms. The Kier molecular flexibility index (Phi) is 10.5. The van der Waals surface area contributed by atoms with Crippen LogP contribution in [0.15, 0.2) is 0 Å². The van der Waals surface area contributed by atoms with Crippen molar-refractivity contribution < 1.29 is 47.4 Å². The molecule has 0 aromatic rings. The fourth-order valence-corrected chi connectivity index (χ4v) is 4.21. The maximum absolute atomic E-state index is 10.5. The van der Waals surface area contributed by atoms with E-state index in [2.05, 4.69) is 0 Å². The SMILES string of the molecule is BCO[C@H](COP1(O)(O)OC[C@H]([C@@H](COC)OCB)O1)[C@@H](CO)OCC. The zero-order valence-electron chi connectivity index (χ0n) is 15.9. The summed E-state index contributed by atoms with van der Waals surface area (Å²) in [6.07, 6.45) is -2.69. The van der Waals surface area contributed by atoms with Crippen molar-refractivity contribution >= 4 is 23.4 Å². The molecular formula is C13H31B2O10P. The van der Waals surface area contributed by atoms with Gasteiger partial charge in [-0.3, -0.25) is 0 Å². The molecule has 1 saturated heterocycles. The van der Waals surface area contributed by atoms with Gasteiger partial charge in [-0.15, -0.1) is 0 Å². The van der Waals surface area contributed by atoms with E-state index >= 15 is 0 Å². The van der Waals surface area contributed by atoms with Crippen LogP contribution in [-0.2, 0) is 32.5 Å². The van der Waals surface area contributed by atoms with Crippen molar-refractivity contribution in [1.29, 1.82) is 0 Å². The van der Waals surface area contributed by atoms with E-state index in [4.69, 9.17) is 32.5 Å². The average molecular weight is 400 g/mol. The molecule has 0 aromatic carbocycles. The van der Waals surface area contributed by atoms with E-state index < -0.39 is 32.2 Å². The van der Waals surface area contributed by atoms with Gasteiger partial charge in [0.05, 0.1) is 0 Å². The summed E-state index contributed by atoms with van der Waals surface area (Å²) in [4.78, 5) is 21.0. The quantitative estimate of drug-likeness (QED) is 0.213. The molecule has 1 aliphatic heterocycles. The molecule has 0 aromatic heterocycles. The summed E-state index contributed by atoms with van der Waals surface area (Å²) in [5.74, 6) is 0. The summed E-state index contributed by atoms with van der Waals surface area (Å²) in [5, 5.41) is 9.44. The molecule has 1 aliphatic rings. The number of hydrogen-bond donors (Lipinski definition) is 3. The topological polar surface area (TPSA) is 125 Å². The number of methoxy groups -OCH3 is 1. The standard InChI is InChI=1S/C13H31B2O10P/c1-3-20-10(4-16)12(22-9-15)6-23-26(17,18)24-7-13(25-26)11(5-19-2)21-8-14/h10-13,16-18H,3-9,14-15H2,1-2H3/t10-,11-,12-,13-/m1/s1. The molecule has 0 spiro atoms. The molecule has 0 saturated carbocycles. The minimum absolute atomic E-state index is 0.118. The third-order valence-corrected chi connectivity index (χ3v) is 5.53. The van der Waals surface area contributed by atoms with Crippen LogP contribution in [0.4, 0.5) is 0 Å². The van der Waals surface area contributed by atoms with Crippen molar-refractivity contribution in [3.63, 3.8) is 0 Å². The molecule has 1 fully saturated rings. The van der Waals surface area contributed by atoms with Crippen LogP contribution in [0.25, 0.3) is 0 Å². The fraction of sp³-hybridized carbons (Fsp3) is 1.00. The Morgan fingerprint density at radius 3 is 2.35 bits per heavy atom. The maximum atomic E-state index is 10.5. The number of hydrogen-bond acceptors (Lipinski definition) is 10. The van der Waals surface area contributed by atoms with Crippen molar-refractivity contribution in [2.75, 3.05) is 53.2 Å². The van der Waals surface area contributed by atoms with Gasteiger partial charge in [0.2, 0.25) is 0 Å². The van der Waals surface area contributed by atoms with Crippen LogP contribution in [0.1, 0.15) is 6.92 Å². The summed E-state index contributed by atoms with van der Waals surface area (Å²) >= 11 is 0. The Bertz CT molecular complexity index is 399. The molecule has 0 aliphatic carbocycles. The van der Waals surface area contributed by atoms with Crippen molar-refractivity contribution in [2.24, 2.45) is 0 Å². The van der Waals surface area contributed by atoms with Crippen LogP contribution in [0.2, 0.25) is 0 Å². The van der Waals surface area contributed by atoms with Gasteiger partial charge in [0.15, 0.2) is 0 Å². The molecular weight excluding hydrogens is 369 g/mol. The van der Waals surface area contributed by atoms with Crippen LogP contribution >= 0.6 is 7.74 Å². The first-order chi connectivity index (χ1) is 12.3. The van der Waals surface area contributed by atoms with E-state index in [-0.39, 0.29) is 26.4 Å². The number of aliphatic hydroxyl groups excluding tert-OH is 1. The molecule has 3 N–H and O–H groups in total. The number of rotatable bonds is 14. The van der Waals surface area contributed by atoms with E-state index in [9.17, 15) is 14.9 Å². The van der Waals surface area contributed by atoms with E-state index in [1.807, 2.05) is 7.85 Å². The van der Waals surface area contributed by atoms with Crippen molar-refractivity contribution in [1.82, 2.24) is 0 Å². The summed E-state index contributed by atoms with van der Waals surface area (Å²) in [6.45, 7) is 2.35. The Hall–Kier alpha value is 0.160. The zero-order valence-corrected chi connectivity index (χ0v) is 16.8. The summed E-state index contributed by atoms with van der Waals surface area (Å²) in [6, 6.07) is 0. The van der Waals surface area contributed by atoms with Gasteiger partial charge in [0, 0.05) is 0 Å². The first-order valence-corrected chi connectivity index (χ1v) is 10.7. The van der Waals surface area contributed by atoms with Crippen molar-refractivity contribution in [2.45, 2.75) is 31.3 Å². The van der Waals surface area contributed by atoms with Crippen molar-refractivity contribution in [3.05, 3.63) is 0 Å². The molecule has 13 heteroatoms. The van der Waals surface area contributed by atoms with Crippen LogP contribution in [0, 0.1) is 0 Å². The normalized spacial score (nSPS) is 26.7. The van der Waals surface area contributed by atoms with Gasteiger partial charge >= 0.3 is 155 Å². The number of aliphatic hydroxyl groups is 1. The predicted octanol–water partition coefficient (Wildman–Crippen LogP) is -2.47. The summed E-state index contributed by atoms with van der Waals surface area (Å²) in [7, 11) is -0.198. The molecule has 10 nitrogen and oxygen atoms in total. The Balaban J connectivity index is 2.73. The van der Waals surface area contributed by atoms with E-state index in [0.717, 1.165) is 0 Å². The number of ether oxygens (including phenoxy) is 4. The van der Waals surface area contributed by atoms with Crippen LogP contribution in [0.5, 0.6) is 0 Å². The van der Waals surface area contributed by atoms with Gasteiger partial charge in [-0.2, -0.15) is 0 Å². The molecule has 4 atom stereocenters. The minimum atomic E-state index is -5.28. The molecule has 0 amide bonds. The Morgan fingerprint density at radius 2 is 1.81 bits per heavy atom. The van der Waals surface area contributed by atoms with Gasteiger partial charge in [0.25, 0.3) is 0 Å². The van der Waals surface area contributed by atoms with Crippen LogP contribution in [0.3, 0.4) is 0 Å². The molecule has 1 rings (SSSR count). The van der Waals surface area contributed by atoms with Crippen LogP contribution < -0.4 is 0 Å².